The molecule has 0 aliphatic heterocycles. The van der Waals surface area contributed by atoms with Gasteiger partial charge >= 0.3 is 5.97 Å². The Bertz CT molecular complexity index is 725. The summed E-state index contributed by atoms with van der Waals surface area (Å²) in [5.74, 6) is -1.72. The van der Waals surface area contributed by atoms with E-state index in [-0.39, 0.29) is 17.4 Å². The third kappa shape index (κ3) is 4.35. The molecule has 0 bridgehead atoms. The highest BCUT2D eigenvalue weighted by Crippen LogP contribution is 2.23. The Balaban J connectivity index is 2.30. The molecule has 0 radical (unpaired) electrons. The third-order valence-electron chi connectivity index (χ3n) is 3.73. The first kappa shape index (κ1) is 17.5. The molecule has 0 spiro atoms. The van der Waals surface area contributed by atoms with Crippen LogP contribution < -0.4 is 0 Å². The fourth-order valence-electron chi connectivity index (χ4n) is 2.49. The number of phenols is 1. The van der Waals surface area contributed by atoms with Crippen LogP contribution in [0.2, 0.25) is 0 Å². The van der Waals surface area contributed by atoms with Crippen molar-refractivity contribution in [3.63, 3.8) is 0 Å². The summed E-state index contributed by atoms with van der Waals surface area (Å²) < 4.78 is 0. The highest BCUT2D eigenvalue weighted by Gasteiger charge is 2.23. The van der Waals surface area contributed by atoms with E-state index in [2.05, 4.69) is 0 Å². The predicted molar refractivity (Wildman–Crippen MR) is 91.2 cm³/mol. The number of hydrogen-bond acceptors (Lipinski definition) is 3. The Morgan fingerprint density at radius 1 is 1.04 bits per heavy atom. The van der Waals surface area contributed by atoms with Crippen molar-refractivity contribution in [2.75, 3.05) is 6.54 Å². The van der Waals surface area contributed by atoms with Crippen LogP contribution in [-0.2, 0) is 11.2 Å². The van der Waals surface area contributed by atoms with Gasteiger partial charge in [0.2, 0.25) is 0 Å². The van der Waals surface area contributed by atoms with Crippen LogP contribution in [0.5, 0.6) is 5.75 Å². The highest BCUT2D eigenvalue weighted by molar-refractivity contribution is 5.98. The van der Waals surface area contributed by atoms with E-state index >= 15 is 0 Å². The molecular formula is C19H21NO4. The molecule has 0 unspecified atom stereocenters. The molecule has 0 aromatic heterocycles. The quantitative estimate of drug-likeness (QED) is 0.855. The van der Waals surface area contributed by atoms with Gasteiger partial charge in [0.15, 0.2) is 0 Å². The van der Waals surface area contributed by atoms with E-state index in [1.54, 1.807) is 26.0 Å². The number of rotatable bonds is 6. The number of carboxylic acids is 1. The zero-order valence-electron chi connectivity index (χ0n) is 13.8. The SMILES string of the molecule is CC(C)N(CC(=O)O)C(=O)c1cc(Cc2ccccc2)ccc1O. The molecule has 0 saturated heterocycles. The minimum atomic E-state index is -1.09. The van der Waals surface area contributed by atoms with Crippen molar-refractivity contribution in [3.8, 4) is 5.75 Å². The Morgan fingerprint density at radius 3 is 2.29 bits per heavy atom. The van der Waals surface area contributed by atoms with Gasteiger partial charge in [-0.3, -0.25) is 9.59 Å². The van der Waals surface area contributed by atoms with Crippen molar-refractivity contribution in [3.05, 3.63) is 65.2 Å². The van der Waals surface area contributed by atoms with Crippen molar-refractivity contribution in [1.29, 1.82) is 0 Å². The van der Waals surface area contributed by atoms with Crippen LogP contribution in [0.15, 0.2) is 48.5 Å². The van der Waals surface area contributed by atoms with Gasteiger partial charge in [-0.15, -0.1) is 0 Å². The number of aliphatic carboxylic acids is 1. The average Bonchev–Trinajstić information content (AvgIpc) is 2.54. The van der Waals surface area contributed by atoms with Crippen LogP contribution in [0.1, 0.15) is 35.3 Å². The lowest BCUT2D eigenvalue weighted by atomic mass is 10.0. The summed E-state index contributed by atoms with van der Waals surface area (Å²) >= 11 is 0. The Kier molecular flexibility index (Phi) is 5.58. The molecule has 0 aliphatic carbocycles. The predicted octanol–water partition coefficient (Wildman–Crippen LogP) is 2.92. The van der Waals surface area contributed by atoms with Crippen LogP contribution in [0.25, 0.3) is 0 Å². The van der Waals surface area contributed by atoms with Gasteiger partial charge in [0.1, 0.15) is 12.3 Å². The van der Waals surface area contributed by atoms with Gasteiger partial charge in [-0.2, -0.15) is 0 Å². The number of carboxylic acid groups (broad SMARTS) is 1. The molecule has 0 saturated carbocycles. The maximum Gasteiger partial charge on any atom is 0.323 e. The molecular weight excluding hydrogens is 306 g/mol. The number of aromatic hydroxyl groups is 1. The lowest BCUT2D eigenvalue weighted by Crippen LogP contribution is -2.40. The van der Waals surface area contributed by atoms with Crippen LogP contribution in [0.4, 0.5) is 0 Å². The highest BCUT2D eigenvalue weighted by atomic mass is 16.4. The summed E-state index contributed by atoms with van der Waals surface area (Å²) in [6, 6.07) is 14.4. The van der Waals surface area contributed by atoms with Crippen LogP contribution in [0, 0.1) is 0 Å². The second-order valence-corrected chi connectivity index (χ2v) is 5.93. The fourth-order valence-corrected chi connectivity index (χ4v) is 2.49. The normalized spacial score (nSPS) is 10.6. The van der Waals surface area contributed by atoms with E-state index in [1.807, 2.05) is 30.3 Å². The number of carbonyl (C=O) groups is 2. The monoisotopic (exact) mass is 327 g/mol. The van der Waals surface area contributed by atoms with Gasteiger partial charge in [0.05, 0.1) is 5.56 Å². The second kappa shape index (κ2) is 7.64. The minimum Gasteiger partial charge on any atom is -0.507 e. The first-order valence-electron chi connectivity index (χ1n) is 7.77. The smallest absolute Gasteiger partial charge is 0.323 e. The lowest BCUT2D eigenvalue weighted by molar-refractivity contribution is -0.138. The summed E-state index contributed by atoms with van der Waals surface area (Å²) in [6.07, 6.45) is 0.627. The summed E-state index contributed by atoms with van der Waals surface area (Å²) in [6.45, 7) is 3.08. The lowest BCUT2D eigenvalue weighted by Gasteiger charge is -2.25. The molecule has 0 aliphatic rings. The van der Waals surface area contributed by atoms with Gasteiger partial charge in [-0.1, -0.05) is 36.4 Å². The minimum absolute atomic E-state index is 0.124. The number of carbonyl (C=O) groups excluding carboxylic acids is 1. The molecule has 2 rings (SSSR count). The maximum atomic E-state index is 12.6. The number of benzene rings is 2. The first-order valence-corrected chi connectivity index (χ1v) is 7.77. The zero-order valence-corrected chi connectivity index (χ0v) is 13.8. The molecule has 0 fully saturated rings. The standard InChI is InChI=1S/C19H21NO4/c1-13(2)20(12-18(22)23)19(24)16-11-15(8-9-17(16)21)10-14-6-4-3-5-7-14/h3-9,11,13,21H,10,12H2,1-2H3,(H,22,23). The summed E-state index contributed by atoms with van der Waals surface area (Å²) in [4.78, 5) is 24.9. The largest absolute Gasteiger partial charge is 0.507 e. The molecule has 1 amide bonds. The second-order valence-electron chi connectivity index (χ2n) is 5.93. The fraction of sp³-hybridized carbons (Fsp3) is 0.263. The Morgan fingerprint density at radius 2 is 1.71 bits per heavy atom. The maximum absolute atomic E-state index is 12.6. The van der Waals surface area contributed by atoms with E-state index in [4.69, 9.17) is 5.11 Å². The molecule has 126 valence electrons. The molecule has 24 heavy (non-hydrogen) atoms. The van der Waals surface area contributed by atoms with E-state index in [0.717, 1.165) is 11.1 Å². The van der Waals surface area contributed by atoms with Crippen LogP contribution in [-0.4, -0.2) is 39.6 Å². The van der Waals surface area contributed by atoms with Crippen LogP contribution >= 0.6 is 0 Å². The van der Waals surface area contributed by atoms with Crippen molar-refractivity contribution >= 4 is 11.9 Å². The zero-order chi connectivity index (χ0) is 17.7. The molecule has 2 aromatic rings. The third-order valence-corrected chi connectivity index (χ3v) is 3.73. The molecule has 2 aromatic carbocycles. The number of amides is 1. The molecule has 0 heterocycles. The number of phenolic OH excluding ortho intramolecular Hbond substituents is 1. The van der Waals surface area contributed by atoms with E-state index < -0.39 is 18.4 Å². The summed E-state index contributed by atoms with van der Waals surface area (Å²) in [5, 5.41) is 19.0. The molecule has 2 N–H and O–H groups in total. The van der Waals surface area contributed by atoms with Crippen molar-refractivity contribution < 1.29 is 19.8 Å². The van der Waals surface area contributed by atoms with Gasteiger partial charge in [0, 0.05) is 6.04 Å². The molecule has 0 atom stereocenters. The topological polar surface area (TPSA) is 77.8 Å². The summed E-state index contributed by atoms with van der Waals surface area (Å²) in [5.41, 5.74) is 2.09. The first-order chi connectivity index (χ1) is 11.4. The molecule has 5 heteroatoms. The van der Waals surface area contributed by atoms with E-state index in [9.17, 15) is 14.7 Å². The van der Waals surface area contributed by atoms with E-state index in [1.165, 1.54) is 11.0 Å². The van der Waals surface area contributed by atoms with Crippen molar-refractivity contribution in [1.82, 2.24) is 4.90 Å². The van der Waals surface area contributed by atoms with Crippen LogP contribution in [0.3, 0.4) is 0 Å². The van der Waals surface area contributed by atoms with Crippen molar-refractivity contribution in [2.45, 2.75) is 26.3 Å². The average molecular weight is 327 g/mol. The number of hydrogen-bond donors (Lipinski definition) is 2. The van der Waals surface area contributed by atoms with Gasteiger partial charge in [0.25, 0.3) is 5.91 Å². The van der Waals surface area contributed by atoms with Gasteiger partial charge in [-0.25, -0.2) is 0 Å². The van der Waals surface area contributed by atoms with E-state index in [0.29, 0.717) is 6.42 Å². The van der Waals surface area contributed by atoms with Crippen molar-refractivity contribution in [2.24, 2.45) is 0 Å². The Hall–Kier alpha value is -2.82. The Labute approximate surface area is 141 Å². The number of nitrogens with zero attached hydrogens (tertiary/aromatic N) is 1. The summed E-state index contributed by atoms with van der Waals surface area (Å²) in [7, 11) is 0. The van der Waals surface area contributed by atoms with Gasteiger partial charge < -0.3 is 15.1 Å². The molecule has 5 nitrogen and oxygen atoms in total. The van der Waals surface area contributed by atoms with Gasteiger partial charge in [-0.05, 0) is 43.5 Å².